The normalized spacial score (nSPS) is 9.67. The molecule has 1 aromatic rings. The van der Waals surface area contributed by atoms with Gasteiger partial charge in [0.25, 0.3) is 0 Å². The zero-order chi connectivity index (χ0) is 13.7. The second-order valence-electron chi connectivity index (χ2n) is 3.13. The molecule has 8 heteroatoms. The summed E-state index contributed by atoms with van der Waals surface area (Å²) in [5.74, 6) is -1.38. The van der Waals surface area contributed by atoms with E-state index in [0.29, 0.717) is 3.70 Å². The van der Waals surface area contributed by atoms with Crippen LogP contribution >= 0.6 is 22.6 Å². The standard InChI is InChI=1S/C10H10IN3O4/c1-17-9(15)6-7(10(16)18-2)13-14(8(6)11)5-3-4-12/h3,5H2,1-2H3. The number of esters is 2. The highest BCUT2D eigenvalue weighted by atomic mass is 127. The minimum atomic E-state index is -0.718. The maximum Gasteiger partial charge on any atom is 0.359 e. The Bertz CT molecular complexity index is 518. The van der Waals surface area contributed by atoms with E-state index >= 15 is 0 Å². The first kappa shape index (κ1) is 14.4. The number of hydrogen-bond acceptors (Lipinski definition) is 6. The number of rotatable bonds is 4. The Morgan fingerprint density at radius 2 is 2.00 bits per heavy atom. The van der Waals surface area contributed by atoms with Crippen LogP contribution in [0.15, 0.2) is 0 Å². The number of ether oxygens (including phenoxy) is 2. The van der Waals surface area contributed by atoms with Crippen molar-refractivity contribution in [2.75, 3.05) is 14.2 Å². The van der Waals surface area contributed by atoms with Gasteiger partial charge in [0.05, 0.1) is 33.3 Å². The SMILES string of the molecule is COC(=O)c1nn(CCC#N)c(I)c1C(=O)OC. The average Bonchev–Trinajstić information content (AvgIpc) is 2.71. The highest BCUT2D eigenvalue weighted by Gasteiger charge is 2.27. The second kappa shape index (κ2) is 6.34. The molecule has 1 heterocycles. The summed E-state index contributed by atoms with van der Waals surface area (Å²) in [4.78, 5) is 23.1. The van der Waals surface area contributed by atoms with Crippen LogP contribution in [0.4, 0.5) is 0 Å². The quantitative estimate of drug-likeness (QED) is 0.585. The molecule has 0 bridgehead atoms. The molecule has 0 N–H and O–H groups in total. The van der Waals surface area contributed by atoms with Gasteiger partial charge >= 0.3 is 11.9 Å². The summed E-state index contributed by atoms with van der Waals surface area (Å²) in [5.41, 5.74) is -0.0467. The second-order valence-corrected chi connectivity index (χ2v) is 4.15. The number of nitriles is 1. The molecule has 1 rings (SSSR count). The van der Waals surface area contributed by atoms with Crippen molar-refractivity contribution in [3.05, 3.63) is 15.0 Å². The zero-order valence-corrected chi connectivity index (χ0v) is 11.9. The highest BCUT2D eigenvalue weighted by molar-refractivity contribution is 14.1. The van der Waals surface area contributed by atoms with Crippen LogP contribution in [0, 0.1) is 15.0 Å². The predicted molar refractivity (Wildman–Crippen MR) is 67.9 cm³/mol. The van der Waals surface area contributed by atoms with Crippen LogP contribution in [0.3, 0.4) is 0 Å². The molecular formula is C10H10IN3O4. The minimum Gasteiger partial charge on any atom is -0.465 e. The van der Waals surface area contributed by atoms with Crippen LogP contribution in [-0.4, -0.2) is 35.9 Å². The van der Waals surface area contributed by atoms with Crippen molar-refractivity contribution in [3.63, 3.8) is 0 Å². The lowest BCUT2D eigenvalue weighted by Crippen LogP contribution is -2.11. The lowest BCUT2D eigenvalue weighted by atomic mass is 10.2. The fourth-order valence-electron chi connectivity index (χ4n) is 1.27. The Morgan fingerprint density at radius 1 is 1.39 bits per heavy atom. The van der Waals surface area contributed by atoms with Gasteiger partial charge in [0.15, 0.2) is 5.69 Å². The molecule has 0 spiro atoms. The molecule has 0 saturated heterocycles. The van der Waals surface area contributed by atoms with Gasteiger partial charge in [-0.2, -0.15) is 10.4 Å². The Hall–Kier alpha value is -1.63. The average molecular weight is 363 g/mol. The first-order chi connectivity index (χ1) is 8.56. The predicted octanol–water partition coefficient (Wildman–Crippen LogP) is 0.975. The van der Waals surface area contributed by atoms with Crippen molar-refractivity contribution in [3.8, 4) is 6.07 Å². The summed E-state index contributed by atoms with van der Waals surface area (Å²) in [6.45, 7) is 0.287. The molecule has 0 saturated carbocycles. The van der Waals surface area contributed by atoms with Crippen molar-refractivity contribution < 1.29 is 19.1 Å². The zero-order valence-electron chi connectivity index (χ0n) is 9.77. The molecule has 0 atom stereocenters. The number of methoxy groups -OCH3 is 2. The number of nitrogens with zero attached hydrogens (tertiary/aromatic N) is 3. The van der Waals surface area contributed by atoms with E-state index in [9.17, 15) is 9.59 Å². The van der Waals surface area contributed by atoms with Crippen molar-refractivity contribution in [1.29, 1.82) is 5.26 Å². The number of carbonyl (C=O) groups is 2. The third kappa shape index (κ3) is 2.79. The van der Waals surface area contributed by atoms with Crippen LogP contribution in [0.1, 0.15) is 27.3 Å². The van der Waals surface area contributed by atoms with Crippen LogP contribution < -0.4 is 0 Å². The van der Waals surface area contributed by atoms with Crippen molar-refractivity contribution >= 4 is 34.5 Å². The summed E-state index contributed by atoms with van der Waals surface area (Å²) >= 11 is 1.87. The fourth-order valence-corrected chi connectivity index (χ4v) is 2.09. The molecule has 0 unspecified atom stereocenters. The number of aromatic nitrogens is 2. The van der Waals surface area contributed by atoms with E-state index < -0.39 is 11.9 Å². The fraction of sp³-hybridized carbons (Fsp3) is 0.400. The van der Waals surface area contributed by atoms with Crippen molar-refractivity contribution in [1.82, 2.24) is 9.78 Å². The Balaban J connectivity index is 3.27. The van der Waals surface area contributed by atoms with Gasteiger partial charge in [-0.05, 0) is 22.6 Å². The van der Waals surface area contributed by atoms with Gasteiger partial charge < -0.3 is 9.47 Å². The summed E-state index contributed by atoms with van der Waals surface area (Å²) in [7, 11) is 2.41. The number of hydrogen-bond donors (Lipinski definition) is 0. The number of halogens is 1. The van der Waals surface area contributed by atoms with Crippen LogP contribution in [0.25, 0.3) is 0 Å². The molecule has 0 fully saturated rings. The monoisotopic (exact) mass is 363 g/mol. The molecular weight excluding hydrogens is 353 g/mol. The maximum atomic E-state index is 11.6. The molecule has 0 aromatic carbocycles. The van der Waals surface area contributed by atoms with Gasteiger partial charge in [-0.15, -0.1) is 0 Å². The van der Waals surface area contributed by atoms with Crippen LogP contribution in [0.5, 0.6) is 0 Å². The summed E-state index contributed by atoms with van der Waals surface area (Å²) in [5, 5.41) is 12.5. The van der Waals surface area contributed by atoms with Crippen molar-refractivity contribution in [2.24, 2.45) is 0 Å². The summed E-state index contributed by atoms with van der Waals surface area (Å²) in [6, 6.07) is 1.96. The molecule has 0 aliphatic rings. The topological polar surface area (TPSA) is 94.2 Å². The first-order valence-corrected chi connectivity index (χ1v) is 5.94. The van der Waals surface area contributed by atoms with Crippen LogP contribution in [0.2, 0.25) is 0 Å². The van der Waals surface area contributed by atoms with E-state index in [0.717, 1.165) is 0 Å². The molecule has 0 radical (unpaired) electrons. The van der Waals surface area contributed by atoms with Gasteiger partial charge in [0.2, 0.25) is 0 Å². The van der Waals surface area contributed by atoms with Crippen molar-refractivity contribution in [2.45, 2.75) is 13.0 Å². The van der Waals surface area contributed by atoms with E-state index in [2.05, 4.69) is 14.6 Å². The molecule has 7 nitrogen and oxygen atoms in total. The van der Waals surface area contributed by atoms with Gasteiger partial charge in [-0.25, -0.2) is 9.59 Å². The largest absolute Gasteiger partial charge is 0.465 e. The number of aryl methyl sites for hydroxylation is 1. The summed E-state index contributed by atoms with van der Waals surface area (Å²) < 4.78 is 11.0. The Labute approximate surface area is 117 Å². The van der Waals surface area contributed by atoms with Crippen LogP contribution in [-0.2, 0) is 16.0 Å². The lowest BCUT2D eigenvalue weighted by Gasteiger charge is -2.00. The molecule has 0 aliphatic carbocycles. The third-order valence-electron chi connectivity index (χ3n) is 2.09. The van der Waals surface area contributed by atoms with Gasteiger partial charge in [0, 0.05) is 0 Å². The Kier molecular flexibility index (Phi) is 5.08. The van der Waals surface area contributed by atoms with E-state index in [1.807, 2.05) is 28.7 Å². The van der Waals surface area contributed by atoms with E-state index in [1.54, 1.807) is 0 Å². The smallest absolute Gasteiger partial charge is 0.359 e. The Morgan fingerprint density at radius 3 is 2.50 bits per heavy atom. The highest BCUT2D eigenvalue weighted by Crippen LogP contribution is 2.19. The lowest BCUT2D eigenvalue weighted by molar-refractivity contribution is 0.0551. The van der Waals surface area contributed by atoms with E-state index in [1.165, 1.54) is 18.9 Å². The van der Waals surface area contributed by atoms with Gasteiger partial charge in [-0.3, -0.25) is 4.68 Å². The van der Waals surface area contributed by atoms with Gasteiger partial charge in [-0.1, -0.05) is 0 Å². The molecule has 96 valence electrons. The molecule has 0 aliphatic heterocycles. The van der Waals surface area contributed by atoms with E-state index in [4.69, 9.17) is 5.26 Å². The van der Waals surface area contributed by atoms with E-state index in [-0.39, 0.29) is 24.2 Å². The molecule has 0 amide bonds. The molecule has 18 heavy (non-hydrogen) atoms. The summed E-state index contributed by atoms with van der Waals surface area (Å²) in [6.07, 6.45) is 0.221. The van der Waals surface area contributed by atoms with Gasteiger partial charge in [0.1, 0.15) is 9.26 Å². The maximum absolute atomic E-state index is 11.6. The third-order valence-corrected chi connectivity index (χ3v) is 3.19. The first-order valence-electron chi connectivity index (χ1n) is 4.86. The minimum absolute atomic E-state index is 0.0582. The number of carbonyl (C=O) groups excluding carboxylic acids is 2. The molecule has 1 aromatic heterocycles.